The van der Waals surface area contributed by atoms with Gasteiger partial charge in [-0.15, -0.1) is 0 Å². The summed E-state index contributed by atoms with van der Waals surface area (Å²) in [5, 5.41) is 4.20. The molecule has 4 rings (SSSR count). The van der Waals surface area contributed by atoms with Crippen LogP contribution in [-0.4, -0.2) is 59.2 Å². The van der Waals surface area contributed by atoms with E-state index in [1.165, 1.54) is 51.7 Å². The third-order valence-corrected chi connectivity index (χ3v) is 5.96. The van der Waals surface area contributed by atoms with Gasteiger partial charge in [0.1, 0.15) is 0 Å². The molecule has 2 saturated heterocycles. The molecule has 0 radical (unpaired) electrons. The van der Waals surface area contributed by atoms with Gasteiger partial charge >= 0.3 is 0 Å². The molecule has 1 saturated carbocycles. The molecular weight excluding hydrogens is 276 g/mol. The zero-order chi connectivity index (χ0) is 14.9. The van der Waals surface area contributed by atoms with Gasteiger partial charge in [0.25, 0.3) is 0 Å². The first-order valence-corrected chi connectivity index (χ1v) is 9.00. The maximum atomic E-state index is 5.47. The number of fused-ring (bicyclic) bond motifs is 2. The summed E-state index contributed by atoms with van der Waals surface area (Å²) in [6.07, 6.45) is 8.70. The van der Waals surface area contributed by atoms with Gasteiger partial charge in [-0.2, -0.15) is 4.98 Å². The van der Waals surface area contributed by atoms with Crippen molar-refractivity contribution >= 4 is 0 Å². The summed E-state index contributed by atoms with van der Waals surface area (Å²) < 4.78 is 5.47. The Balaban J connectivity index is 1.25. The molecule has 0 aromatic carbocycles. The number of hydrogen-bond donors (Lipinski definition) is 0. The first-order chi connectivity index (χ1) is 10.8. The third-order valence-electron chi connectivity index (χ3n) is 5.96. The molecule has 2 aliphatic heterocycles. The summed E-state index contributed by atoms with van der Waals surface area (Å²) in [5.41, 5.74) is 0. The minimum atomic E-state index is 0.732. The molecule has 0 N–H and O–H groups in total. The van der Waals surface area contributed by atoms with Gasteiger partial charge in [-0.1, -0.05) is 5.16 Å². The second-order valence-electron chi connectivity index (χ2n) is 7.63. The summed E-state index contributed by atoms with van der Waals surface area (Å²) in [4.78, 5) is 9.67. The Labute approximate surface area is 133 Å². The lowest BCUT2D eigenvalue weighted by molar-refractivity contribution is 0.208. The quantitative estimate of drug-likeness (QED) is 0.832. The van der Waals surface area contributed by atoms with Crippen LogP contribution in [-0.2, 0) is 12.8 Å². The molecule has 0 spiro atoms. The van der Waals surface area contributed by atoms with Crippen molar-refractivity contribution in [2.75, 3.05) is 33.2 Å². The van der Waals surface area contributed by atoms with Crippen LogP contribution in [0.5, 0.6) is 0 Å². The average Bonchev–Trinajstić information content (AvgIpc) is 3.24. The first-order valence-electron chi connectivity index (χ1n) is 9.00. The first kappa shape index (κ1) is 14.6. The molecule has 0 unspecified atom stereocenters. The number of aromatic nitrogens is 2. The van der Waals surface area contributed by atoms with Crippen molar-refractivity contribution in [2.24, 2.45) is 11.8 Å². The standard InChI is InChI=1S/C17H28N4O/c1-20-7-4-13(5-8-20)11-16-18-17(22-19-16)6-9-21-12-14-2-3-15(21)10-14/h13-15H,2-12H2,1H3/t14-,15+/m1/s1. The zero-order valence-electron chi connectivity index (χ0n) is 13.7. The Morgan fingerprint density at radius 3 is 2.77 bits per heavy atom. The van der Waals surface area contributed by atoms with E-state index in [1.54, 1.807) is 0 Å². The molecule has 5 nitrogen and oxygen atoms in total. The predicted octanol–water partition coefficient (Wildman–Crippen LogP) is 1.98. The van der Waals surface area contributed by atoms with Gasteiger partial charge in [-0.05, 0) is 64.1 Å². The Kier molecular flexibility index (Phi) is 4.18. The summed E-state index contributed by atoms with van der Waals surface area (Å²) in [6.45, 7) is 4.79. The molecule has 3 aliphatic rings. The topological polar surface area (TPSA) is 45.4 Å². The molecular formula is C17H28N4O. The van der Waals surface area contributed by atoms with Gasteiger partial charge in [0.05, 0.1) is 0 Å². The van der Waals surface area contributed by atoms with Crippen molar-refractivity contribution in [3.05, 3.63) is 11.7 Å². The van der Waals surface area contributed by atoms with E-state index in [-0.39, 0.29) is 0 Å². The third kappa shape index (κ3) is 3.20. The number of hydrogen-bond acceptors (Lipinski definition) is 5. The summed E-state index contributed by atoms with van der Waals surface area (Å²) in [7, 11) is 2.20. The molecule has 122 valence electrons. The molecule has 5 heteroatoms. The molecule has 0 amide bonds. The second-order valence-corrected chi connectivity index (χ2v) is 7.63. The summed E-state index contributed by atoms with van der Waals surface area (Å²) >= 11 is 0. The number of likely N-dealkylation sites (tertiary alicyclic amines) is 2. The maximum Gasteiger partial charge on any atom is 0.227 e. The van der Waals surface area contributed by atoms with Gasteiger partial charge in [-0.3, -0.25) is 4.90 Å². The largest absolute Gasteiger partial charge is 0.339 e. The molecule has 2 atom stereocenters. The van der Waals surface area contributed by atoms with Crippen LogP contribution in [0.2, 0.25) is 0 Å². The molecule has 1 aromatic heterocycles. The van der Waals surface area contributed by atoms with E-state index in [0.717, 1.165) is 49.0 Å². The Morgan fingerprint density at radius 2 is 2.05 bits per heavy atom. The fraction of sp³-hybridized carbons (Fsp3) is 0.882. The van der Waals surface area contributed by atoms with Crippen molar-refractivity contribution in [1.29, 1.82) is 0 Å². The summed E-state index contributed by atoms with van der Waals surface area (Å²) in [6, 6.07) is 0.839. The van der Waals surface area contributed by atoms with Crippen LogP contribution in [0.15, 0.2) is 4.52 Å². The lowest BCUT2D eigenvalue weighted by Gasteiger charge is -2.28. The van der Waals surface area contributed by atoms with Gasteiger partial charge in [0.2, 0.25) is 5.89 Å². The minimum Gasteiger partial charge on any atom is -0.339 e. The van der Waals surface area contributed by atoms with Crippen molar-refractivity contribution in [3.63, 3.8) is 0 Å². The lowest BCUT2D eigenvalue weighted by atomic mass is 9.94. The van der Waals surface area contributed by atoms with Crippen molar-refractivity contribution < 1.29 is 4.52 Å². The number of nitrogens with zero attached hydrogens (tertiary/aromatic N) is 4. The molecule has 1 aromatic rings. The molecule has 3 heterocycles. The molecule has 2 bridgehead atoms. The van der Waals surface area contributed by atoms with E-state index in [2.05, 4.69) is 27.0 Å². The fourth-order valence-corrected chi connectivity index (χ4v) is 4.54. The van der Waals surface area contributed by atoms with E-state index in [9.17, 15) is 0 Å². The Hall–Kier alpha value is -0.940. The van der Waals surface area contributed by atoms with E-state index in [4.69, 9.17) is 4.52 Å². The van der Waals surface area contributed by atoms with Crippen LogP contribution in [0, 0.1) is 11.8 Å². The van der Waals surface area contributed by atoms with Gasteiger partial charge in [-0.25, -0.2) is 0 Å². The number of piperidine rings is 2. The van der Waals surface area contributed by atoms with Crippen LogP contribution < -0.4 is 0 Å². The molecule has 3 fully saturated rings. The highest BCUT2D eigenvalue weighted by Gasteiger charge is 2.37. The van der Waals surface area contributed by atoms with E-state index in [1.807, 2.05) is 0 Å². The summed E-state index contributed by atoms with van der Waals surface area (Å²) in [5.74, 6) is 3.46. The predicted molar refractivity (Wildman–Crippen MR) is 84.6 cm³/mol. The van der Waals surface area contributed by atoms with Crippen LogP contribution in [0.25, 0.3) is 0 Å². The highest BCUT2D eigenvalue weighted by molar-refractivity contribution is 4.94. The minimum absolute atomic E-state index is 0.732. The lowest BCUT2D eigenvalue weighted by Crippen LogP contribution is -2.33. The number of rotatable bonds is 5. The highest BCUT2D eigenvalue weighted by atomic mass is 16.5. The maximum absolute atomic E-state index is 5.47. The highest BCUT2D eigenvalue weighted by Crippen LogP contribution is 2.37. The Morgan fingerprint density at radius 1 is 1.18 bits per heavy atom. The smallest absolute Gasteiger partial charge is 0.227 e. The van der Waals surface area contributed by atoms with Crippen molar-refractivity contribution in [3.8, 4) is 0 Å². The SMILES string of the molecule is CN1CCC(Cc2noc(CCN3C[C@@H]4CC[C@H]3C4)n2)CC1. The normalized spacial score (nSPS) is 30.4. The monoisotopic (exact) mass is 304 g/mol. The van der Waals surface area contributed by atoms with Crippen LogP contribution in [0.1, 0.15) is 43.8 Å². The molecule has 1 aliphatic carbocycles. The second kappa shape index (κ2) is 6.28. The van der Waals surface area contributed by atoms with Crippen LogP contribution in [0.3, 0.4) is 0 Å². The van der Waals surface area contributed by atoms with E-state index in [0.29, 0.717) is 0 Å². The van der Waals surface area contributed by atoms with E-state index >= 15 is 0 Å². The van der Waals surface area contributed by atoms with Gasteiger partial charge < -0.3 is 9.42 Å². The van der Waals surface area contributed by atoms with Gasteiger partial charge in [0.15, 0.2) is 5.82 Å². The zero-order valence-corrected chi connectivity index (χ0v) is 13.7. The van der Waals surface area contributed by atoms with Gasteiger partial charge in [0, 0.05) is 32.0 Å². The van der Waals surface area contributed by atoms with E-state index < -0.39 is 0 Å². The van der Waals surface area contributed by atoms with Crippen LogP contribution in [0.4, 0.5) is 0 Å². The fourth-order valence-electron chi connectivity index (χ4n) is 4.54. The average molecular weight is 304 g/mol. The van der Waals surface area contributed by atoms with Crippen LogP contribution >= 0.6 is 0 Å². The Bertz CT molecular complexity index is 495. The van der Waals surface area contributed by atoms with Crippen molar-refractivity contribution in [1.82, 2.24) is 19.9 Å². The molecule has 22 heavy (non-hydrogen) atoms. The van der Waals surface area contributed by atoms with Crippen molar-refractivity contribution in [2.45, 2.75) is 51.0 Å².